The van der Waals surface area contributed by atoms with Gasteiger partial charge in [0.25, 0.3) is 0 Å². The summed E-state index contributed by atoms with van der Waals surface area (Å²) in [5.74, 6) is 0. The molecule has 2 aromatic rings. The van der Waals surface area contributed by atoms with E-state index in [4.69, 9.17) is 11.1 Å². The van der Waals surface area contributed by atoms with E-state index >= 15 is 0 Å². The van der Waals surface area contributed by atoms with Crippen molar-refractivity contribution in [3.63, 3.8) is 0 Å². The van der Waals surface area contributed by atoms with Crippen molar-refractivity contribution in [3.05, 3.63) is 54.0 Å². The van der Waals surface area contributed by atoms with Gasteiger partial charge in [-0.05, 0) is 18.2 Å². The third kappa shape index (κ3) is 4.55. The van der Waals surface area contributed by atoms with Crippen LogP contribution in [0.2, 0.25) is 0 Å². The highest BCUT2D eigenvalue weighted by molar-refractivity contribution is 6.01. The van der Waals surface area contributed by atoms with Crippen LogP contribution in [0, 0.1) is 5.41 Å². The largest absolute Gasteiger partial charge is 0.432 e. The standard InChI is InChI=1S/C15H10F6N4/c16-14(17,18)9-3-1-8(2-4-9)11-6-24-7-12(25-11)10(22)5-13(23)15(19,20)21/h1-7,23H,22H2/b10-5-,23-13?. The van der Waals surface area contributed by atoms with Crippen LogP contribution in [-0.4, -0.2) is 21.9 Å². The van der Waals surface area contributed by atoms with E-state index < -0.39 is 29.3 Å². The molecule has 10 heteroatoms. The molecule has 0 bridgehead atoms. The fourth-order valence-electron chi connectivity index (χ4n) is 1.79. The molecule has 0 saturated heterocycles. The number of halogens is 6. The van der Waals surface area contributed by atoms with Crippen molar-refractivity contribution < 1.29 is 26.3 Å². The van der Waals surface area contributed by atoms with E-state index in [1.54, 1.807) is 0 Å². The van der Waals surface area contributed by atoms with Crippen molar-refractivity contribution in [1.82, 2.24) is 9.97 Å². The fraction of sp³-hybridized carbons (Fsp3) is 0.133. The normalized spacial score (nSPS) is 13.0. The van der Waals surface area contributed by atoms with Gasteiger partial charge in [0.15, 0.2) is 0 Å². The molecule has 0 spiro atoms. The summed E-state index contributed by atoms with van der Waals surface area (Å²) >= 11 is 0. The van der Waals surface area contributed by atoms with Crippen LogP contribution in [0.1, 0.15) is 11.3 Å². The Labute approximate surface area is 137 Å². The van der Waals surface area contributed by atoms with Gasteiger partial charge in [-0.15, -0.1) is 0 Å². The van der Waals surface area contributed by atoms with Crippen LogP contribution in [0.3, 0.4) is 0 Å². The van der Waals surface area contributed by atoms with E-state index in [0.29, 0.717) is 6.08 Å². The molecule has 0 fully saturated rings. The SMILES string of the molecule is N=C(/C=C(\N)c1cncc(-c2ccc(C(F)(F)F)cc2)n1)C(F)(F)F. The third-order valence-electron chi connectivity index (χ3n) is 3.04. The summed E-state index contributed by atoms with van der Waals surface area (Å²) in [6.45, 7) is 0. The number of allylic oxidation sites excluding steroid dienone is 1. The average molecular weight is 360 g/mol. The Morgan fingerprint density at radius 3 is 2.12 bits per heavy atom. The number of aromatic nitrogens is 2. The molecule has 0 saturated carbocycles. The van der Waals surface area contributed by atoms with E-state index in [1.165, 1.54) is 6.20 Å². The minimum Gasteiger partial charge on any atom is -0.397 e. The van der Waals surface area contributed by atoms with E-state index in [0.717, 1.165) is 30.5 Å². The van der Waals surface area contributed by atoms with Crippen LogP contribution in [0.5, 0.6) is 0 Å². The van der Waals surface area contributed by atoms with Crippen molar-refractivity contribution in [2.45, 2.75) is 12.4 Å². The smallest absolute Gasteiger partial charge is 0.397 e. The Balaban J connectivity index is 2.33. The molecule has 0 atom stereocenters. The predicted octanol–water partition coefficient (Wildman–Crippen LogP) is 4.04. The topological polar surface area (TPSA) is 75.7 Å². The molecule has 0 unspecified atom stereocenters. The maximum Gasteiger partial charge on any atom is 0.432 e. The quantitative estimate of drug-likeness (QED) is 0.641. The molecular weight excluding hydrogens is 350 g/mol. The van der Waals surface area contributed by atoms with Gasteiger partial charge in [-0.25, -0.2) is 4.98 Å². The lowest BCUT2D eigenvalue weighted by Crippen LogP contribution is -2.20. The first-order valence-corrected chi connectivity index (χ1v) is 6.61. The number of nitrogens with two attached hydrogens (primary N) is 1. The fourth-order valence-corrected chi connectivity index (χ4v) is 1.79. The van der Waals surface area contributed by atoms with Crippen LogP contribution in [0.15, 0.2) is 42.7 Å². The first kappa shape index (κ1) is 18.4. The number of alkyl halides is 6. The Hall–Kier alpha value is -2.91. The summed E-state index contributed by atoms with van der Waals surface area (Å²) < 4.78 is 74.7. The number of nitrogens with one attached hydrogen (secondary N) is 1. The lowest BCUT2D eigenvalue weighted by Gasteiger charge is -2.09. The predicted molar refractivity (Wildman–Crippen MR) is 78.4 cm³/mol. The molecule has 132 valence electrons. The van der Waals surface area contributed by atoms with E-state index in [1.807, 2.05) is 0 Å². The number of rotatable bonds is 3. The summed E-state index contributed by atoms with van der Waals surface area (Å²) in [5.41, 5.74) is 2.81. The number of nitrogens with zero attached hydrogens (tertiary/aromatic N) is 2. The third-order valence-corrected chi connectivity index (χ3v) is 3.04. The minimum atomic E-state index is -4.86. The zero-order chi connectivity index (χ0) is 18.8. The van der Waals surface area contributed by atoms with Crippen molar-refractivity contribution in [1.29, 1.82) is 5.41 Å². The molecule has 3 N–H and O–H groups in total. The Morgan fingerprint density at radius 2 is 1.60 bits per heavy atom. The van der Waals surface area contributed by atoms with Crippen LogP contribution >= 0.6 is 0 Å². The lowest BCUT2D eigenvalue weighted by atomic mass is 10.1. The average Bonchev–Trinajstić information content (AvgIpc) is 2.53. The first-order valence-electron chi connectivity index (χ1n) is 6.61. The van der Waals surface area contributed by atoms with Gasteiger partial charge in [0.1, 0.15) is 11.4 Å². The van der Waals surface area contributed by atoms with Crippen molar-refractivity contribution in [2.75, 3.05) is 0 Å². The second-order valence-electron chi connectivity index (χ2n) is 4.88. The highest BCUT2D eigenvalue weighted by Gasteiger charge is 2.33. The van der Waals surface area contributed by atoms with Crippen LogP contribution in [0.4, 0.5) is 26.3 Å². The molecule has 0 aliphatic heterocycles. The van der Waals surface area contributed by atoms with E-state index in [-0.39, 0.29) is 17.0 Å². The maximum absolute atomic E-state index is 12.5. The molecule has 0 radical (unpaired) electrons. The van der Waals surface area contributed by atoms with E-state index in [9.17, 15) is 26.3 Å². The maximum atomic E-state index is 12.5. The highest BCUT2D eigenvalue weighted by Crippen LogP contribution is 2.30. The molecule has 1 heterocycles. The summed E-state index contributed by atoms with van der Waals surface area (Å²) in [4.78, 5) is 7.73. The van der Waals surface area contributed by atoms with E-state index in [2.05, 4.69) is 9.97 Å². The Morgan fingerprint density at radius 1 is 1.00 bits per heavy atom. The van der Waals surface area contributed by atoms with Crippen molar-refractivity contribution >= 4 is 11.4 Å². The molecule has 2 rings (SSSR count). The van der Waals surface area contributed by atoms with Gasteiger partial charge < -0.3 is 5.73 Å². The van der Waals surface area contributed by atoms with Crippen LogP contribution in [0.25, 0.3) is 17.0 Å². The first-order chi connectivity index (χ1) is 11.5. The van der Waals surface area contributed by atoms with Gasteiger partial charge in [0, 0.05) is 5.56 Å². The van der Waals surface area contributed by atoms with Crippen LogP contribution in [-0.2, 0) is 6.18 Å². The molecule has 0 amide bonds. The van der Waals surface area contributed by atoms with Crippen molar-refractivity contribution in [3.8, 4) is 11.3 Å². The molecule has 25 heavy (non-hydrogen) atoms. The van der Waals surface area contributed by atoms with Gasteiger partial charge >= 0.3 is 12.4 Å². The summed E-state index contributed by atoms with van der Waals surface area (Å²) in [5, 5.41) is 6.88. The number of benzene rings is 1. The molecule has 1 aromatic carbocycles. The van der Waals surface area contributed by atoms with Gasteiger partial charge in [-0.1, -0.05) is 12.1 Å². The number of hydrogen-bond acceptors (Lipinski definition) is 4. The van der Waals surface area contributed by atoms with Gasteiger partial charge in [-0.3, -0.25) is 10.4 Å². The highest BCUT2D eigenvalue weighted by atomic mass is 19.4. The summed E-state index contributed by atoms with van der Waals surface area (Å²) in [7, 11) is 0. The van der Waals surface area contributed by atoms with Gasteiger partial charge in [0.05, 0.1) is 29.3 Å². The minimum absolute atomic E-state index is 0.126. The molecule has 4 nitrogen and oxygen atoms in total. The summed E-state index contributed by atoms with van der Waals surface area (Å²) in [6, 6.07) is 4.02. The lowest BCUT2D eigenvalue weighted by molar-refractivity contribution is -0.137. The summed E-state index contributed by atoms with van der Waals surface area (Å²) in [6.07, 6.45) is -6.64. The second kappa shape index (κ2) is 6.54. The Kier molecular flexibility index (Phi) is 4.82. The van der Waals surface area contributed by atoms with Crippen LogP contribution < -0.4 is 5.73 Å². The van der Waals surface area contributed by atoms with Gasteiger partial charge in [0.2, 0.25) is 0 Å². The monoisotopic (exact) mass is 360 g/mol. The van der Waals surface area contributed by atoms with Gasteiger partial charge in [-0.2, -0.15) is 26.3 Å². The molecule has 0 aliphatic carbocycles. The number of hydrogen-bond donors (Lipinski definition) is 2. The Bertz CT molecular complexity index is 806. The zero-order valence-electron chi connectivity index (χ0n) is 12.3. The zero-order valence-corrected chi connectivity index (χ0v) is 12.3. The second-order valence-corrected chi connectivity index (χ2v) is 4.88. The molecular formula is C15H10F6N4. The van der Waals surface area contributed by atoms with Crippen molar-refractivity contribution in [2.24, 2.45) is 5.73 Å². The molecule has 1 aromatic heterocycles. The molecule has 0 aliphatic rings.